The number of carbonyl (C=O) groups is 12. The molecule has 8 heterocycles. The second-order valence-electron chi connectivity index (χ2n) is 13.4. The molecule has 0 saturated carbocycles. The molecule has 0 aromatic carbocycles. The van der Waals surface area contributed by atoms with Gasteiger partial charge in [0.25, 0.3) is 35.4 Å². The topological polar surface area (TPSA) is 261 Å². The number of hydrazine groups is 1. The number of hydroxylamine groups is 4. The van der Waals surface area contributed by atoms with Crippen molar-refractivity contribution in [1.29, 1.82) is 0 Å². The summed E-state index contributed by atoms with van der Waals surface area (Å²) in [7, 11) is 0. The first kappa shape index (κ1) is 34.9. The third-order valence-electron chi connectivity index (χ3n) is 10.5. The first-order chi connectivity index (χ1) is 25.8. The summed E-state index contributed by atoms with van der Waals surface area (Å²) in [6.45, 7) is -1.38. The molecule has 8 aliphatic rings. The van der Waals surface area contributed by atoms with Crippen LogP contribution in [0.25, 0.3) is 0 Å². The summed E-state index contributed by atoms with van der Waals surface area (Å²) in [5.74, 6) is -13.4. The van der Waals surface area contributed by atoms with Crippen LogP contribution < -0.4 is 0 Å². The maximum atomic E-state index is 13.9. The molecule has 22 heteroatoms. The first-order valence-electron chi connectivity index (χ1n) is 17.0. The molecule has 282 valence electrons. The van der Waals surface area contributed by atoms with Crippen molar-refractivity contribution in [3.8, 4) is 0 Å². The van der Waals surface area contributed by atoms with Crippen LogP contribution in [0.5, 0.6) is 0 Å². The Kier molecular flexibility index (Phi) is 8.24. The average molecular weight is 753 g/mol. The van der Waals surface area contributed by atoms with Crippen molar-refractivity contribution < 1.29 is 76.7 Å². The van der Waals surface area contributed by atoms with Crippen LogP contribution in [0.15, 0.2) is 24.3 Å². The van der Waals surface area contributed by atoms with E-state index in [2.05, 4.69) is 0 Å². The van der Waals surface area contributed by atoms with Gasteiger partial charge in [0.15, 0.2) is 0 Å². The summed E-state index contributed by atoms with van der Waals surface area (Å²) < 4.78 is 11.2. The highest BCUT2D eigenvalue weighted by Crippen LogP contribution is 2.46. The smallest absolute Gasteiger partial charge is 0.365 e. The van der Waals surface area contributed by atoms with E-state index in [1.807, 2.05) is 0 Å². The van der Waals surface area contributed by atoms with Crippen molar-refractivity contribution in [1.82, 2.24) is 29.9 Å². The molecule has 6 saturated heterocycles. The van der Waals surface area contributed by atoms with Crippen LogP contribution >= 0.6 is 0 Å². The summed E-state index contributed by atoms with van der Waals surface area (Å²) in [5, 5.41) is -0.580. The fourth-order valence-corrected chi connectivity index (χ4v) is 7.94. The number of ether oxygens (including phenoxy) is 2. The van der Waals surface area contributed by atoms with Gasteiger partial charge in [-0.1, -0.05) is 24.3 Å². The normalized spacial score (nSPS) is 31.5. The van der Waals surface area contributed by atoms with Crippen LogP contribution in [0.3, 0.4) is 0 Å². The number of likely N-dealkylation sites (tertiary alicyclic amines) is 2. The Labute approximate surface area is 301 Å². The monoisotopic (exact) mass is 752 g/mol. The molecule has 0 N–H and O–H groups in total. The summed E-state index contributed by atoms with van der Waals surface area (Å²) in [6.07, 6.45) is -3.70. The van der Waals surface area contributed by atoms with E-state index in [0.29, 0.717) is 0 Å². The molecule has 6 fully saturated rings. The maximum absolute atomic E-state index is 13.9. The van der Waals surface area contributed by atoms with Crippen LogP contribution in [0.2, 0.25) is 0 Å². The molecule has 8 atom stereocenters. The van der Waals surface area contributed by atoms with E-state index < -0.39 is 171 Å². The van der Waals surface area contributed by atoms with Crippen molar-refractivity contribution in [2.45, 2.75) is 62.9 Å². The third-order valence-corrected chi connectivity index (χ3v) is 10.5. The molecule has 7 unspecified atom stereocenters. The molecular weight excluding hydrogens is 724 g/mol. The van der Waals surface area contributed by atoms with E-state index in [9.17, 15) is 57.5 Å². The molecule has 0 radical (unpaired) electrons. The number of hydrogen-bond donors (Lipinski definition) is 0. The van der Waals surface area contributed by atoms with Gasteiger partial charge in [-0.25, -0.2) is 9.59 Å². The molecule has 22 nitrogen and oxygen atoms in total. The number of carbonyl (C=O) groups excluding carboxylic acids is 12. The van der Waals surface area contributed by atoms with Crippen molar-refractivity contribution in [3.05, 3.63) is 24.3 Å². The summed E-state index contributed by atoms with van der Waals surface area (Å²) in [4.78, 5) is 169. The van der Waals surface area contributed by atoms with E-state index >= 15 is 0 Å². The van der Waals surface area contributed by atoms with E-state index in [1.165, 1.54) is 0 Å². The van der Waals surface area contributed by atoms with E-state index in [4.69, 9.17) is 19.1 Å². The SMILES string of the molecule is O=C1C2C3C=CC(O3)C2C(=O)N1CCC(=O)N(C(=O)ON1C(=O)CCC1=O)N(C(=O)CCN1C(=O)C2C3C=CC(O3)[C@H]2C1=O)C(=O)ON1C(=O)CCC1=O. The van der Waals surface area contributed by atoms with Gasteiger partial charge in [0, 0.05) is 51.6 Å². The van der Waals surface area contributed by atoms with E-state index in [-0.39, 0.29) is 20.1 Å². The zero-order chi connectivity index (χ0) is 38.3. The third kappa shape index (κ3) is 5.30. The summed E-state index contributed by atoms with van der Waals surface area (Å²) in [6, 6.07) is 0. The van der Waals surface area contributed by atoms with Gasteiger partial charge in [0.05, 0.1) is 48.1 Å². The van der Waals surface area contributed by atoms with E-state index in [0.717, 1.165) is 9.80 Å². The zero-order valence-electron chi connectivity index (χ0n) is 27.8. The molecule has 8 aliphatic heterocycles. The highest BCUT2D eigenvalue weighted by Gasteiger charge is 2.62. The zero-order valence-corrected chi connectivity index (χ0v) is 27.8. The lowest BCUT2D eigenvalue weighted by Crippen LogP contribution is -2.58. The molecular formula is C32H28N6O16. The van der Waals surface area contributed by atoms with Crippen molar-refractivity contribution in [2.24, 2.45) is 23.7 Å². The lowest BCUT2D eigenvalue weighted by molar-refractivity contribution is -0.188. The second kappa shape index (κ2) is 12.8. The fourth-order valence-electron chi connectivity index (χ4n) is 7.94. The van der Waals surface area contributed by atoms with Crippen LogP contribution in [0, 0.1) is 23.7 Å². The van der Waals surface area contributed by atoms with Gasteiger partial charge < -0.3 is 19.1 Å². The first-order valence-corrected chi connectivity index (χ1v) is 17.0. The molecule has 0 aromatic rings. The van der Waals surface area contributed by atoms with Gasteiger partial charge in [0.2, 0.25) is 23.6 Å². The molecule has 0 spiro atoms. The minimum absolute atomic E-state index is 0.00760. The van der Waals surface area contributed by atoms with Gasteiger partial charge in [0.1, 0.15) is 0 Å². The average Bonchev–Trinajstić information content (AvgIpc) is 4.03. The second-order valence-corrected chi connectivity index (χ2v) is 13.4. The number of rotatable bonds is 8. The van der Waals surface area contributed by atoms with Gasteiger partial charge in [-0.3, -0.25) is 57.7 Å². The van der Waals surface area contributed by atoms with E-state index in [1.54, 1.807) is 24.3 Å². The molecule has 0 aliphatic carbocycles. The Morgan fingerprint density at radius 3 is 1.07 bits per heavy atom. The van der Waals surface area contributed by atoms with Crippen molar-refractivity contribution in [2.75, 3.05) is 13.1 Å². The highest BCUT2D eigenvalue weighted by molar-refractivity contribution is 6.09. The van der Waals surface area contributed by atoms with Crippen molar-refractivity contribution >= 4 is 71.3 Å². The molecule has 12 amide bonds. The Bertz CT molecular complexity index is 1720. The minimum atomic E-state index is -2.00. The predicted molar refractivity (Wildman–Crippen MR) is 161 cm³/mol. The highest BCUT2D eigenvalue weighted by atomic mass is 16.8. The summed E-state index contributed by atoms with van der Waals surface area (Å²) >= 11 is 0. The molecule has 54 heavy (non-hydrogen) atoms. The van der Waals surface area contributed by atoms with Gasteiger partial charge >= 0.3 is 12.2 Å². The van der Waals surface area contributed by atoms with Crippen LogP contribution in [-0.2, 0) is 67.1 Å². The van der Waals surface area contributed by atoms with Crippen LogP contribution in [0.1, 0.15) is 38.5 Å². The number of fused-ring (bicyclic) bond motifs is 10. The van der Waals surface area contributed by atoms with Crippen LogP contribution in [-0.4, -0.2) is 139 Å². The van der Waals surface area contributed by atoms with Gasteiger partial charge in [-0.2, -0.15) is 0 Å². The maximum Gasteiger partial charge on any atom is 0.461 e. The lowest BCUT2D eigenvalue weighted by atomic mass is 9.85. The minimum Gasteiger partial charge on any atom is -0.365 e. The van der Waals surface area contributed by atoms with Crippen LogP contribution in [0.4, 0.5) is 9.59 Å². The molecule has 0 aromatic heterocycles. The summed E-state index contributed by atoms with van der Waals surface area (Å²) in [5.41, 5.74) is 0. The van der Waals surface area contributed by atoms with Crippen molar-refractivity contribution in [3.63, 3.8) is 0 Å². The number of imide groups is 6. The molecule has 8 rings (SSSR count). The number of nitrogens with zero attached hydrogens (tertiary/aromatic N) is 6. The Balaban J connectivity index is 1.06. The largest absolute Gasteiger partial charge is 0.461 e. The van der Waals surface area contributed by atoms with Gasteiger partial charge in [-0.15, -0.1) is 20.1 Å². The standard InChI is InChI=1S/C32H28N6O16/c39-17(9-11-33-27(45)23-13-1-2-14(51-13)24(23)28(33)46)35(31(49)53-37-19(41)5-6-20(37)42)36(32(50)54-38-21(43)7-8-22(38)44)18(40)10-12-34-29(47)25-15-3-4-16(52-15)26(25)30(34)48/h1-4,13-16,23-26H,5-12H2/t13?,14?,15?,16?,23-,24?,25?,26?/m1/s1. The Hall–Kier alpha value is -6.16. The van der Waals surface area contributed by atoms with Gasteiger partial charge in [-0.05, 0) is 0 Å². The Morgan fingerprint density at radius 1 is 0.519 bits per heavy atom. The number of hydrogen-bond acceptors (Lipinski definition) is 16. The quantitative estimate of drug-likeness (QED) is 0.142. The Morgan fingerprint density at radius 2 is 0.796 bits per heavy atom. The lowest BCUT2D eigenvalue weighted by Gasteiger charge is -2.31. The number of amides is 12. The fraction of sp³-hybridized carbons (Fsp3) is 0.500. The molecule has 4 bridgehead atoms. The predicted octanol–water partition coefficient (Wildman–Crippen LogP) is -2.38.